The van der Waals surface area contributed by atoms with Gasteiger partial charge in [-0.2, -0.15) is 0 Å². The average molecular weight is 460 g/mol. The molecule has 0 heterocycles. The zero-order valence-electron chi connectivity index (χ0n) is 21.9. The van der Waals surface area contributed by atoms with Gasteiger partial charge in [-0.05, 0) is 40.5 Å². The molecule has 0 saturated heterocycles. The number of benzene rings is 3. The molecule has 3 heteroatoms. The zero-order chi connectivity index (χ0) is 24.9. The first kappa shape index (κ1) is 26.0. The molecule has 2 N–H and O–H groups in total. The van der Waals surface area contributed by atoms with Gasteiger partial charge in [-0.3, -0.25) is 0 Å². The number of aliphatic hydroxyl groups excluding tert-OH is 1. The summed E-state index contributed by atoms with van der Waals surface area (Å²) in [5.74, 6) is 0.939. The van der Waals surface area contributed by atoms with Crippen LogP contribution in [-0.2, 0) is 17.4 Å². The predicted octanol–water partition coefficient (Wildman–Crippen LogP) is 7.24. The molecule has 3 rings (SSSR count). The van der Waals surface area contributed by atoms with Crippen molar-refractivity contribution in [2.75, 3.05) is 6.61 Å². The van der Waals surface area contributed by atoms with Crippen molar-refractivity contribution < 1.29 is 9.84 Å². The number of ether oxygens (including phenoxy) is 1. The second-order valence-corrected chi connectivity index (χ2v) is 11.3. The Balaban J connectivity index is 2.07. The minimum absolute atomic E-state index is 0.00222. The summed E-state index contributed by atoms with van der Waals surface area (Å²) in [6.45, 7) is 16.2. The highest BCUT2D eigenvalue weighted by Crippen LogP contribution is 2.41. The maximum atomic E-state index is 10.2. The molecule has 0 aliphatic heterocycles. The summed E-state index contributed by atoms with van der Waals surface area (Å²) in [5.41, 5.74) is 5.76. The van der Waals surface area contributed by atoms with Crippen molar-refractivity contribution >= 4 is 0 Å². The van der Waals surface area contributed by atoms with Gasteiger partial charge in [0.2, 0.25) is 0 Å². The van der Waals surface area contributed by atoms with Crippen molar-refractivity contribution in [2.45, 2.75) is 78.0 Å². The van der Waals surface area contributed by atoms with Crippen molar-refractivity contribution in [1.82, 2.24) is 5.32 Å². The Morgan fingerprint density at radius 3 is 1.94 bits per heavy atom. The van der Waals surface area contributed by atoms with E-state index in [1.165, 1.54) is 11.1 Å². The van der Waals surface area contributed by atoms with Gasteiger partial charge in [-0.25, -0.2) is 0 Å². The van der Waals surface area contributed by atoms with E-state index in [4.69, 9.17) is 4.74 Å². The monoisotopic (exact) mass is 459 g/mol. The van der Waals surface area contributed by atoms with Gasteiger partial charge in [0.1, 0.15) is 12.4 Å². The third kappa shape index (κ3) is 6.49. The molecule has 0 aliphatic carbocycles. The Kier molecular flexibility index (Phi) is 8.22. The summed E-state index contributed by atoms with van der Waals surface area (Å²) in [7, 11) is 0. The van der Waals surface area contributed by atoms with E-state index in [1.807, 2.05) is 36.4 Å². The summed E-state index contributed by atoms with van der Waals surface area (Å²) in [6, 6.07) is 24.9. The first-order chi connectivity index (χ1) is 16.0. The molecule has 0 amide bonds. The molecule has 0 spiro atoms. The topological polar surface area (TPSA) is 41.5 Å². The largest absolute Gasteiger partial charge is 0.488 e. The summed E-state index contributed by atoms with van der Waals surface area (Å²) < 4.78 is 6.59. The number of aliphatic hydroxyl groups is 1. The SMILES string of the molecule is C[C@@H](N[C@@H](CO)c1ccccc1)c1cc(C(C)(C)C)cc(C(C)(C)C)c1OCc1ccccc1. The number of hydrogen-bond donors (Lipinski definition) is 2. The van der Waals surface area contributed by atoms with Crippen LogP contribution in [-0.4, -0.2) is 11.7 Å². The third-order valence-corrected chi connectivity index (χ3v) is 6.32. The molecule has 182 valence electrons. The molecular weight excluding hydrogens is 418 g/mol. The number of nitrogens with one attached hydrogen (secondary N) is 1. The molecule has 2 atom stereocenters. The number of rotatable bonds is 8. The van der Waals surface area contributed by atoms with E-state index in [1.54, 1.807) is 0 Å². The van der Waals surface area contributed by atoms with Crippen LogP contribution in [0.25, 0.3) is 0 Å². The molecule has 0 aliphatic rings. The first-order valence-corrected chi connectivity index (χ1v) is 12.3. The normalized spacial score (nSPS) is 14.0. The van der Waals surface area contributed by atoms with Crippen LogP contribution in [0.2, 0.25) is 0 Å². The van der Waals surface area contributed by atoms with Crippen LogP contribution in [0.4, 0.5) is 0 Å². The molecule has 0 bridgehead atoms. The van der Waals surface area contributed by atoms with E-state index in [0.717, 1.165) is 22.4 Å². The van der Waals surface area contributed by atoms with Gasteiger partial charge >= 0.3 is 0 Å². The van der Waals surface area contributed by atoms with E-state index in [-0.39, 0.29) is 29.5 Å². The van der Waals surface area contributed by atoms with Crippen LogP contribution in [0.1, 0.15) is 88.4 Å². The molecule has 0 saturated carbocycles. The van der Waals surface area contributed by atoms with Gasteiger partial charge < -0.3 is 15.2 Å². The molecule has 0 fully saturated rings. The van der Waals surface area contributed by atoms with Crippen molar-refractivity contribution in [3.63, 3.8) is 0 Å². The summed E-state index contributed by atoms with van der Waals surface area (Å²) in [5, 5.41) is 13.8. The van der Waals surface area contributed by atoms with Gasteiger partial charge in [-0.1, -0.05) is 108 Å². The van der Waals surface area contributed by atoms with Gasteiger partial charge in [0.25, 0.3) is 0 Å². The van der Waals surface area contributed by atoms with E-state index < -0.39 is 0 Å². The van der Waals surface area contributed by atoms with Gasteiger partial charge in [-0.15, -0.1) is 0 Å². The second kappa shape index (κ2) is 10.8. The van der Waals surface area contributed by atoms with Crippen LogP contribution in [0, 0.1) is 0 Å². The van der Waals surface area contributed by atoms with Crippen molar-refractivity contribution in [2.24, 2.45) is 0 Å². The molecule has 0 unspecified atom stereocenters. The Labute approximate surface area is 206 Å². The van der Waals surface area contributed by atoms with Crippen LogP contribution >= 0.6 is 0 Å². The Bertz CT molecular complexity index is 1050. The van der Waals surface area contributed by atoms with Crippen molar-refractivity contribution in [3.05, 3.63) is 101 Å². The summed E-state index contributed by atoms with van der Waals surface area (Å²) in [4.78, 5) is 0. The van der Waals surface area contributed by atoms with Gasteiger partial charge in [0.05, 0.1) is 12.6 Å². The fourth-order valence-electron chi connectivity index (χ4n) is 4.19. The van der Waals surface area contributed by atoms with Gasteiger partial charge in [0, 0.05) is 17.2 Å². The minimum Gasteiger partial charge on any atom is -0.488 e. The predicted molar refractivity (Wildman–Crippen MR) is 142 cm³/mol. The van der Waals surface area contributed by atoms with E-state index in [2.05, 4.69) is 90.2 Å². The van der Waals surface area contributed by atoms with Crippen LogP contribution in [0.3, 0.4) is 0 Å². The van der Waals surface area contributed by atoms with Crippen molar-refractivity contribution in [1.29, 1.82) is 0 Å². The number of hydrogen-bond acceptors (Lipinski definition) is 3. The Morgan fingerprint density at radius 2 is 1.41 bits per heavy atom. The highest BCUT2D eigenvalue weighted by Gasteiger charge is 2.28. The van der Waals surface area contributed by atoms with Crippen LogP contribution < -0.4 is 10.1 Å². The molecule has 3 aromatic carbocycles. The van der Waals surface area contributed by atoms with E-state index in [9.17, 15) is 5.11 Å². The summed E-state index contributed by atoms with van der Waals surface area (Å²) in [6.07, 6.45) is 0. The molecule has 0 aromatic heterocycles. The quantitative estimate of drug-likeness (QED) is 0.373. The third-order valence-electron chi connectivity index (χ3n) is 6.32. The minimum atomic E-state index is -0.158. The Morgan fingerprint density at radius 1 is 0.824 bits per heavy atom. The van der Waals surface area contributed by atoms with Gasteiger partial charge in [0.15, 0.2) is 0 Å². The van der Waals surface area contributed by atoms with Crippen LogP contribution in [0.15, 0.2) is 72.8 Å². The zero-order valence-corrected chi connectivity index (χ0v) is 21.9. The Hall–Kier alpha value is -2.62. The van der Waals surface area contributed by atoms with Crippen LogP contribution in [0.5, 0.6) is 5.75 Å². The lowest BCUT2D eigenvalue weighted by Gasteiger charge is -2.32. The van der Waals surface area contributed by atoms with Crippen molar-refractivity contribution in [3.8, 4) is 5.75 Å². The van der Waals surface area contributed by atoms with E-state index >= 15 is 0 Å². The fraction of sp³-hybridized carbons (Fsp3) is 0.419. The first-order valence-electron chi connectivity index (χ1n) is 12.3. The smallest absolute Gasteiger partial charge is 0.128 e. The molecule has 34 heavy (non-hydrogen) atoms. The molecule has 0 radical (unpaired) electrons. The molecular formula is C31H41NO2. The lowest BCUT2D eigenvalue weighted by Crippen LogP contribution is -2.29. The van der Waals surface area contributed by atoms with E-state index in [0.29, 0.717) is 6.61 Å². The fourth-order valence-corrected chi connectivity index (χ4v) is 4.19. The maximum Gasteiger partial charge on any atom is 0.128 e. The lowest BCUT2D eigenvalue weighted by atomic mass is 9.78. The summed E-state index contributed by atoms with van der Waals surface area (Å²) >= 11 is 0. The highest BCUT2D eigenvalue weighted by molar-refractivity contribution is 5.51. The molecule has 3 nitrogen and oxygen atoms in total. The highest BCUT2D eigenvalue weighted by atomic mass is 16.5. The standard InChI is InChI=1S/C31H41NO2/c1-22(32-28(20-33)24-16-12-9-13-17-24)26-18-25(30(2,3)4)19-27(31(5,6)7)29(26)34-21-23-14-10-8-11-15-23/h8-19,22,28,32-33H,20-21H2,1-7H3/t22-,28+/m1/s1. The lowest BCUT2D eigenvalue weighted by molar-refractivity contribution is 0.233. The maximum absolute atomic E-state index is 10.2. The second-order valence-electron chi connectivity index (χ2n) is 11.3. The average Bonchev–Trinajstić information content (AvgIpc) is 2.80. The molecule has 3 aromatic rings.